The Morgan fingerprint density at radius 3 is 2.73 bits per heavy atom. The van der Waals surface area contributed by atoms with Crippen LogP contribution in [0.25, 0.3) is 5.69 Å². The van der Waals surface area contributed by atoms with Gasteiger partial charge >= 0.3 is 0 Å². The van der Waals surface area contributed by atoms with Gasteiger partial charge in [0, 0.05) is 12.7 Å². The first-order valence-electron chi connectivity index (χ1n) is 7.90. The number of hydrogen-bond donors (Lipinski definition) is 1. The summed E-state index contributed by atoms with van der Waals surface area (Å²) in [6.45, 7) is 3.94. The molecule has 22 heavy (non-hydrogen) atoms. The van der Waals surface area contributed by atoms with Gasteiger partial charge in [0.2, 0.25) is 0 Å². The first-order valence-corrected chi connectivity index (χ1v) is 7.90. The monoisotopic (exact) mass is 300 g/mol. The summed E-state index contributed by atoms with van der Waals surface area (Å²) in [5.74, 6) is 1.53. The summed E-state index contributed by atoms with van der Waals surface area (Å²) in [5, 5.41) is 4.48. The Hall–Kier alpha value is -1.85. The molecule has 2 N–H and O–H groups in total. The third kappa shape index (κ3) is 3.15. The molecule has 0 radical (unpaired) electrons. The predicted molar refractivity (Wildman–Crippen MR) is 87.2 cm³/mol. The summed E-state index contributed by atoms with van der Waals surface area (Å²) in [4.78, 5) is 2.48. The largest absolute Gasteiger partial charge is 0.494 e. The van der Waals surface area contributed by atoms with Gasteiger partial charge in [-0.05, 0) is 56.6 Å². The molecule has 0 bridgehead atoms. The second kappa shape index (κ2) is 6.94. The summed E-state index contributed by atoms with van der Waals surface area (Å²) >= 11 is 0. The summed E-state index contributed by atoms with van der Waals surface area (Å²) in [7, 11) is 1.69. The fourth-order valence-corrected chi connectivity index (χ4v) is 3.08. The molecule has 0 spiro atoms. The smallest absolute Gasteiger partial charge is 0.144 e. The number of aromatic nitrogens is 2. The van der Waals surface area contributed by atoms with Crippen LogP contribution in [0, 0.1) is 5.92 Å². The van der Waals surface area contributed by atoms with Crippen LogP contribution in [0.15, 0.2) is 36.5 Å². The molecule has 1 aliphatic rings. The lowest BCUT2D eigenvalue weighted by Gasteiger charge is -2.31. The van der Waals surface area contributed by atoms with Crippen molar-refractivity contribution >= 4 is 0 Å². The Balaban J connectivity index is 1.75. The third-order valence-electron chi connectivity index (χ3n) is 4.46. The topological polar surface area (TPSA) is 56.3 Å². The molecule has 1 aliphatic heterocycles. The Labute approximate surface area is 131 Å². The molecule has 0 saturated carbocycles. The lowest BCUT2D eigenvalue weighted by Crippen LogP contribution is -2.36. The highest BCUT2D eigenvalue weighted by Gasteiger charge is 2.19. The highest BCUT2D eigenvalue weighted by atomic mass is 16.5. The minimum absolute atomic E-state index is 0.690. The quantitative estimate of drug-likeness (QED) is 0.918. The normalized spacial score (nSPS) is 16.8. The number of nitrogens with two attached hydrogens (primary N) is 1. The van der Waals surface area contributed by atoms with Crippen LogP contribution < -0.4 is 10.5 Å². The van der Waals surface area contributed by atoms with Gasteiger partial charge in [0.15, 0.2) is 0 Å². The predicted octanol–water partition coefficient (Wildman–Crippen LogP) is 2.05. The summed E-state index contributed by atoms with van der Waals surface area (Å²) in [6, 6.07) is 10.1. The molecule has 0 unspecified atom stereocenters. The lowest BCUT2D eigenvalue weighted by atomic mass is 9.97. The molecule has 1 saturated heterocycles. The van der Waals surface area contributed by atoms with Gasteiger partial charge in [0.05, 0.1) is 12.8 Å². The number of nitrogens with zero attached hydrogens (tertiary/aromatic N) is 3. The van der Waals surface area contributed by atoms with E-state index >= 15 is 0 Å². The van der Waals surface area contributed by atoms with E-state index in [1.165, 1.54) is 18.5 Å². The molecule has 5 nitrogen and oxygen atoms in total. The Bertz CT molecular complexity index is 602. The van der Waals surface area contributed by atoms with E-state index in [0.29, 0.717) is 5.92 Å². The Morgan fingerprint density at radius 2 is 2.00 bits per heavy atom. The number of ether oxygens (including phenoxy) is 1. The van der Waals surface area contributed by atoms with Crippen molar-refractivity contribution in [2.24, 2.45) is 11.7 Å². The van der Waals surface area contributed by atoms with Gasteiger partial charge in [-0.25, -0.2) is 4.68 Å². The van der Waals surface area contributed by atoms with E-state index in [4.69, 9.17) is 10.5 Å². The molecular weight excluding hydrogens is 276 g/mol. The molecule has 2 heterocycles. The number of hydrogen-bond acceptors (Lipinski definition) is 4. The van der Waals surface area contributed by atoms with Crippen LogP contribution in [0.4, 0.5) is 0 Å². The number of benzene rings is 1. The first-order chi connectivity index (χ1) is 10.8. The highest BCUT2D eigenvalue weighted by Crippen LogP contribution is 2.24. The fourth-order valence-electron chi connectivity index (χ4n) is 3.08. The fraction of sp³-hybridized carbons (Fsp3) is 0.471. The van der Waals surface area contributed by atoms with Crippen molar-refractivity contribution in [1.29, 1.82) is 0 Å². The standard InChI is InChI=1S/C17H24N4O/c1-22-17-5-3-2-4-16(17)21-15(6-9-19-21)13-20-10-7-14(12-18)8-11-20/h2-6,9,14H,7-8,10-13,18H2,1H3. The zero-order chi connectivity index (χ0) is 15.4. The molecule has 0 amide bonds. The zero-order valence-corrected chi connectivity index (χ0v) is 13.1. The van der Waals surface area contributed by atoms with E-state index in [0.717, 1.165) is 37.6 Å². The maximum Gasteiger partial charge on any atom is 0.144 e. The first kappa shape index (κ1) is 15.1. The summed E-state index contributed by atoms with van der Waals surface area (Å²) < 4.78 is 7.43. The SMILES string of the molecule is COc1ccccc1-n1nccc1CN1CCC(CN)CC1. The van der Waals surface area contributed by atoms with Gasteiger partial charge in [-0.3, -0.25) is 4.90 Å². The molecular formula is C17H24N4O. The van der Waals surface area contributed by atoms with Gasteiger partial charge in [-0.2, -0.15) is 5.10 Å². The number of methoxy groups -OCH3 is 1. The van der Waals surface area contributed by atoms with Crippen LogP contribution in [0.5, 0.6) is 5.75 Å². The van der Waals surface area contributed by atoms with Crippen LogP contribution >= 0.6 is 0 Å². The van der Waals surface area contributed by atoms with Crippen molar-refractivity contribution in [1.82, 2.24) is 14.7 Å². The number of rotatable bonds is 5. The number of para-hydroxylation sites is 2. The number of piperidine rings is 1. The lowest BCUT2D eigenvalue weighted by molar-refractivity contribution is 0.177. The van der Waals surface area contributed by atoms with Gasteiger partial charge < -0.3 is 10.5 Å². The van der Waals surface area contributed by atoms with Crippen molar-refractivity contribution in [3.05, 3.63) is 42.2 Å². The second-order valence-electron chi connectivity index (χ2n) is 5.86. The van der Waals surface area contributed by atoms with Crippen LogP contribution in [0.3, 0.4) is 0 Å². The molecule has 1 aromatic heterocycles. The minimum atomic E-state index is 0.690. The Morgan fingerprint density at radius 1 is 1.23 bits per heavy atom. The molecule has 3 rings (SSSR count). The van der Waals surface area contributed by atoms with Gasteiger partial charge in [0.1, 0.15) is 11.4 Å². The summed E-state index contributed by atoms with van der Waals surface area (Å²) in [5.41, 5.74) is 7.95. The maximum absolute atomic E-state index is 5.77. The average molecular weight is 300 g/mol. The van der Waals surface area contributed by atoms with Crippen LogP contribution in [0.2, 0.25) is 0 Å². The van der Waals surface area contributed by atoms with Gasteiger partial charge in [-0.15, -0.1) is 0 Å². The van der Waals surface area contributed by atoms with E-state index in [1.54, 1.807) is 7.11 Å². The van der Waals surface area contributed by atoms with Crippen molar-refractivity contribution in [3.8, 4) is 11.4 Å². The second-order valence-corrected chi connectivity index (χ2v) is 5.86. The van der Waals surface area contributed by atoms with Gasteiger partial charge in [-0.1, -0.05) is 12.1 Å². The molecule has 0 aliphatic carbocycles. The minimum Gasteiger partial charge on any atom is -0.494 e. The molecule has 0 atom stereocenters. The number of likely N-dealkylation sites (tertiary alicyclic amines) is 1. The highest BCUT2D eigenvalue weighted by molar-refractivity contribution is 5.46. The molecule has 5 heteroatoms. The molecule has 1 aromatic carbocycles. The molecule has 2 aromatic rings. The maximum atomic E-state index is 5.77. The van der Waals surface area contributed by atoms with Gasteiger partial charge in [0.25, 0.3) is 0 Å². The Kier molecular flexibility index (Phi) is 4.75. The van der Waals surface area contributed by atoms with Crippen molar-refractivity contribution in [2.45, 2.75) is 19.4 Å². The van der Waals surface area contributed by atoms with Crippen LogP contribution in [-0.2, 0) is 6.54 Å². The van der Waals surface area contributed by atoms with E-state index in [2.05, 4.69) is 16.1 Å². The summed E-state index contributed by atoms with van der Waals surface area (Å²) in [6.07, 6.45) is 4.24. The van der Waals surface area contributed by atoms with Crippen molar-refractivity contribution in [3.63, 3.8) is 0 Å². The van der Waals surface area contributed by atoms with E-state index in [9.17, 15) is 0 Å². The molecule has 1 fully saturated rings. The van der Waals surface area contributed by atoms with E-state index in [-0.39, 0.29) is 0 Å². The van der Waals surface area contributed by atoms with Crippen LogP contribution in [-0.4, -0.2) is 41.4 Å². The molecule has 118 valence electrons. The van der Waals surface area contributed by atoms with Crippen molar-refractivity contribution in [2.75, 3.05) is 26.7 Å². The van der Waals surface area contributed by atoms with Crippen LogP contribution in [0.1, 0.15) is 18.5 Å². The van der Waals surface area contributed by atoms with E-state index < -0.39 is 0 Å². The van der Waals surface area contributed by atoms with Crippen molar-refractivity contribution < 1.29 is 4.74 Å². The van der Waals surface area contributed by atoms with E-state index in [1.807, 2.05) is 35.1 Å². The zero-order valence-electron chi connectivity index (χ0n) is 13.1. The average Bonchev–Trinajstić information content (AvgIpc) is 3.03. The third-order valence-corrected chi connectivity index (χ3v) is 4.46.